The van der Waals surface area contributed by atoms with Crippen LogP contribution in [0.2, 0.25) is 0 Å². The van der Waals surface area contributed by atoms with Gasteiger partial charge < -0.3 is 20.3 Å². The van der Waals surface area contributed by atoms with E-state index in [1.54, 1.807) is 6.92 Å². The molecule has 0 saturated heterocycles. The summed E-state index contributed by atoms with van der Waals surface area (Å²) in [6.07, 6.45) is 1.29. The van der Waals surface area contributed by atoms with Crippen molar-refractivity contribution in [2.75, 3.05) is 20.8 Å². The topological polar surface area (TPSA) is 64.7 Å². The Morgan fingerprint density at radius 1 is 1.46 bits per heavy atom. The van der Waals surface area contributed by atoms with E-state index in [1.165, 1.54) is 14.2 Å². The highest BCUT2D eigenvalue weighted by Gasteiger charge is 2.59. The molecule has 0 amide bonds. The minimum atomic E-state index is -0.995. The van der Waals surface area contributed by atoms with E-state index in [2.05, 4.69) is 0 Å². The summed E-state index contributed by atoms with van der Waals surface area (Å²) in [5.41, 5.74) is 4.43. The average molecular weight is 189 g/mol. The van der Waals surface area contributed by atoms with E-state index in [1.807, 2.05) is 0 Å². The van der Waals surface area contributed by atoms with Gasteiger partial charge in [0.05, 0.1) is 0 Å². The van der Waals surface area contributed by atoms with E-state index in [4.69, 9.17) is 15.2 Å². The van der Waals surface area contributed by atoms with Gasteiger partial charge in [-0.15, -0.1) is 0 Å². The average Bonchev–Trinajstić information content (AvgIpc) is 2.86. The Balaban J connectivity index is 2.73. The van der Waals surface area contributed by atoms with Gasteiger partial charge in [0, 0.05) is 26.2 Å². The van der Waals surface area contributed by atoms with Gasteiger partial charge in [-0.1, -0.05) is 0 Å². The van der Waals surface area contributed by atoms with Gasteiger partial charge in [-0.25, -0.2) is 0 Å². The maximum Gasteiger partial charge on any atom is 0.185 e. The lowest BCUT2D eigenvalue weighted by Crippen LogP contribution is -2.52. The van der Waals surface area contributed by atoms with Crippen molar-refractivity contribution in [3.8, 4) is 0 Å². The van der Waals surface area contributed by atoms with Crippen molar-refractivity contribution in [2.45, 2.75) is 31.7 Å². The summed E-state index contributed by atoms with van der Waals surface area (Å²) in [6, 6.07) is 0. The first kappa shape index (κ1) is 10.9. The number of hydrogen-bond acceptors (Lipinski definition) is 4. The lowest BCUT2D eigenvalue weighted by Gasteiger charge is -2.37. The molecule has 3 N–H and O–H groups in total. The number of aliphatic hydroxyl groups is 1. The van der Waals surface area contributed by atoms with Crippen LogP contribution in [-0.4, -0.2) is 37.8 Å². The van der Waals surface area contributed by atoms with E-state index in [9.17, 15) is 5.11 Å². The van der Waals surface area contributed by atoms with Crippen LogP contribution in [0, 0.1) is 5.41 Å². The fourth-order valence-corrected chi connectivity index (χ4v) is 1.87. The molecule has 1 fully saturated rings. The maximum absolute atomic E-state index is 10.2. The predicted molar refractivity (Wildman–Crippen MR) is 49.2 cm³/mol. The molecule has 4 nitrogen and oxygen atoms in total. The molecular weight excluding hydrogens is 170 g/mol. The smallest absolute Gasteiger partial charge is 0.185 e. The molecule has 0 radical (unpaired) electrons. The molecule has 0 bridgehead atoms. The van der Waals surface area contributed by atoms with Crippen LogP contribution < -0.4 is 5.73 Å². The molecule has 1 saturated carbocycles. The molecule has 0 heterocycles. The van der Waals surface area contributed by atoms with Gasteiger partial charge in [-0.2, -0.15) is 0 Å². The zero-order valence-corrected chi connectivity index (χ0v) is 8.54. The molecule has 0 aliphatic heterocycles. The first-order valence-electron chi connectivity index (χ1n) is 4.52. The fourth-order valence-electron chi connectivity index (χ4n) is 1.87. The van der Waals surface area contributed by atoms with Gasteiger partial charge in [-0.3, -0.25) is 0 Å². The molecule has 0 aromatic carbocycles. The van der Waals surface area contributed by atoms with Gasteiger partial charge in [0.1, 0.15) is 5.60 Å². The van der Waals surface area contributed by atoms with Crippen LogP contribution in [0.1, 0.15) is 19.8 Å². The van der Waals surface area contributed by atoms with E-state index in [-0.39, 0.29) is 5.41 Å². The zero-order valence-electron chi connectivity index (χ0n) is 8.54. The number of rotatable bonds is 5. The monoisotopic (exact) mass is 189 g/mol. The molecule has 13 heavy (non-hydrogen) atoms. The maximum atomic E-state index is 10.2. The summed E-state index contributed by atoms with van der Waals surface area (Å²) in [5.74, 6) is 0. The highest BCUT2D eigenvalue weighted by Crippen LogP contribution is 2.54. The second-order valence-electron chi connectivity index (χ2n) is 3.94. The van der Waals surface area contributed by atoms with Gasteiger partial charge >= 0.3 is 0 Å². The van der Waals surface area contributed by atoms with Crippen molar-refractivity contribution < 1.29 is 14.6 Å². The molecule has 1 aliphatic carbocycles. The third-order valence-corrected chi connectivity index (χ3v) is 3.21. The van der Waals surface area contributed by atoms with Crippen molar-refractivity contribution in [1.82, 2.24) is 0 Å². The first-order chi connectivity index (χ1) is 6.04. The minimum Gasteiger partial charge on any atom is -0.384 e. The lowest BCUT2D eigenvalue weighted by atomic mass is 9.85. The van der Waals surface area contributed by atoms with E-state index >= 15 is 0 Å². The van der Waals surface area contributed by atoms with E-state index in [0.29, 0.717) is 6.54 Å². The Morgan fingerprint density at radius 2 is 1.92 bits per heavy atom. The van der Waals surface area contributed by atoms with Crippen molar-refractivity contribution >= 4 is 0 Å². The third kappa shape index (κ3) is 1.59. The summed E-state index contributed by atoms with van der Waals surface area (Å²) in [4.78, 5) is 0. The SMILES string of the molecule is COC(OC)C(C)(O)C1(CN)CC1. The molecule has 1 rings (SSSR count). The number of hydrogen-bond donors (Lipinski definition) is 2. The van der Waals surface area contributed by atoms with Crippen LogP contribution in [0.5, 0.6) is 0 Å². The lowest BCUT2D eigenvalue weighted by molar-refractivity contribution is -0.231. The standard InChI is InChI=1S/C9H19NO3/c1-8(11,7(12-2)13-3)9(6-10)4-5-9/h7,11H,4-6,10H2,1-3H3. The first-order valence-corrected chi connectivity index (χ1v) is 4.52. The predicted octanol–water partition coefficient (Wildman–Crippen LogP) is 0.0952. The third-order valence-electron chi connectivity index (χ3n) is 3.21. The summed E-state index contributed by atoms with van der Waals surface area (Å²) < 4.78 is 10.1. The fraction of sp³-hybridized carbons (Fsp3) is 1.00. The molecule has 1 atom stereocenters. The van der Waals surface area contributed by atoms with Crippen LogP contribution >= 0.6 is 0 Å². The summed E-state index contributed by atoms with van der Waals surface area (Å²) in [5, 5.41) is 10.2. The van der Waals surface area contributed by atoms with Gasteiger partial charge in [0.15, 0.2) is 6.29 Å². The Kier molecular flexibility index (Phi) is 2.97. The molecule has 78 valence electrons. The van der Waals surface area contributed by atoms with Crippen LogP contribution in [0.15, 0.2) is 0 Å². The van der Waals surface area contributed by atoms with Crippen LogP contribution in [0.25, 0.3) is 0 Å². The van der Waals surface area contributed by atoms with Gasteiger partial charge in [0.25, 0.3) is 0 Å². The normalized spacial score (nSPS) is 24.5. The van der Waals surface area contributed by atoms with Crippen molar-refractivity contribution in [3.05, 3.63) is 0 Å². The Morgan fingerprint density at radius 3 is 2.15 bits per heavy atom. The number of methoxy groups -OCH3 is 2. The Bertz CT molecular complexity index is 174. The van der Waals surface area contributed by atoms with Gasteiger partial charge in [-0.05, 0) is 19.8 Å². The summed E-state index contributed by atoms with van der Waals surface area (Å²) in [6.45, 7) is 2.20. The molecule has 1 aliphatic rings. The van der Waals surface area contributed by atoms with E-state index in [0.717, 1.165) is 12.8 Å². The molecule has 1 unspecified atom stereocenters. The van der Waals surface area contributed by atoms with Crippen molar-refractivity contribution in [1.29, 1.82) is 0 Å². The summed E-state index contributed by atoms with van der Waals surface area (Å²) in [7, 11) is 3.05. The summed E-state index contributed by atoms with van der Waals surface area (Å²) >= 11 is 0. The van der Waals surface area contributed by atoms with E-state index < -0.39 is 11.9 Å². The number of ether oxygens (including phenoxy) is 2. The molecule has 0 aromatic heterocycles. The Hall–Kier alpha value is -0.160. The molecule has 4 heteroatoms. The Labute approximate surface area is 79.0 Å². The minimum absolute atomic E-state index is 0.205. The van der Waals surface area contributed by atoms with Crippen molar-refractivity contribution in [3.63, 3.8) is 0 Å². The zero-order chi connectivity index (χ0) is 10.1. The molecule has 0 aromatic rings. The van der Waals surface area contributed by atoms with Crippen LogP contribution in [0.4, 0.5) is 0 Å². The van der Waals surface area contributed by atoms with Crippen LogP contribution in [0.3, 0.4) is 0 Å². The molecule has 0 spiro atoms. The van der Waals surface area contributed by atoms with Gasteiger partial charge in [0.2, 0.25) is 0 Å². The second-order valence-corrected chi connectivity index (χ2v) is 3.94. The van der Waals surface area contributed by atoms with Crippen molar-refractivity contribution in [2.24, 2.45) is 11.1 Å². The highest BCUT2D eigenvalue weighted by atomic mass is 16.7. The second kappa shape index (κ2) is 3.53. The largest absolute Gasteiger partial charge is 0.384 e. The van der Waals surface area contributed by atoms with Crippen LogP contribution in [-0.2, 0) is 9.47 Å². The highest BCUT2D eigenvalue weighted by molar-refractivity contribution is 5.08. The number of nitrogens with two attached hydrogens (primary N) is 1. The molecular formula is C9H19NO3. The quantitative estimate of drug-likeness (QED) is 0.602.